The Morgan fingerprint density at radius 1 is 1.15 bits per heavy atom. The summed E-state index contributed by atoms with van der Waals surface area (Å²) < 4.78 is 30.3. The van der Waals surface area contributed by atoms with Gasteiger partial charge in [0.2, 0.25) is 10.0 Å². The van der Waals surface area contributed by atoms with Crippen molar-refractivity contribution in [2.75, 3.05) is 13.1 Å². The first-order chi connectivity index (χ1) is 12.4. The van der Waals surface area contributed by atoms with Crippen LogP contribution < -0.4 is 5.69 Å². The summed E-state index contributed by atoms with van der Waals surface area (Å²) >= 11 is 5.94. The van der Waals surface area contributed by atoms with Crippen molar-refractivity contribution in [3.63, 3.8) is 0 Å². The van der Waals surface area contributed by atoms with E-state index in [0.29, 0.717) is 31.0 Å². The molecule has 0 atom stereocenters. The number of sulfonamides is 1. The molecule has 9 heteroatoms. The Morgan fingerprint density at radius 3 is 2.46 bits per heavy atom. The number of hydrogen-bond donors (Lipinski definition) is 0. The summed E-state index contributed by atoms with van der Waals surface area (Å²) in [4.78, 5) is 12.5. The minimum atomic E-state index is -3.55. The van der Waals surface area contributed by atoms with Crippen molar-refractivity contribution in [1.29, 1.82) is 0 Å². The van der Waals surface area contributed by atoms with Crippen molar-refractivity contribution >= 4 is 21.6 Å². The summed E-state index contributed by atoms with van der Waals surface area (Å²) in [7, 11) is -1.88. The van der Waals surface area contributed by atoms with Gasteiger partial charge in [-0.1, -0.05) is 17.7 Å². The maximum atomic E-state index is 12.8. The number of benzene rings is 1. The van der Waals surface area contributed by atoms with E-state index in [1.54, 1.807) is 25.2 Å². The van der Waals surface area contributed by atoms with E-state index in [9.17, 15) is 13.2 Å². The maximum absolute atomic E-state index is 12.8. The third-order valence-electron chi connectivity index (χ3n) is 5.15. The van der Waals surface area contributed by atoms with Crippen LogP contribution in [-0.2, 0) is 17.1 Å². The van der Waals surface area contributed by atoms with Crippen LogP contribution >= 0.6 is 11.6 Å². The fourth-order valence-corrected chi connectivity index (χ4v) is 5.35. The molecule has 0 bridgehead atoms. The minimum absolute atomic E-state index is 0.0727. The van der Waals surface area contributed by atoms with E-state index in [1.165, 1.54) is 15.1 Å². The van der Waals surface area contributed by atoms with Gasteiger partial charge in [0.05, 0.1) is 4.90 Å². The van der Waals surface area contributed by atoms with E-state index in [0.717, 1.165) is 18.7 Å². The summed E-state index contributed by atoms with van der Waals surface area (Å²) in [6.45, 7) is 0.823. The Balaban J connectivity index is 1.53. The van der Waals surface area contributed by atoms with Crippen LogP contribution in [0, 0.1) is 0 Å². The Kier molecular flexibility index (Phi) is 4.45. The van der Waals surface area contributed by atoms with Gasteiger partial charge in [-0.05, 0) is 43.9 Å². The average Bonchev–Trinajstić information content (AvgIpc) is 3.41. The maximum Gasteiger partial charge on any atom is 0.345 e. The molecular weight excluding hydrogens is 376 g/mol. The molecule has 0 radical (unpaired) electrons. The number of nitrogens with zero attached hydrogens (tertiary/aromatic N) is 4. The molecule has 0 unspecified atom stereocenters. The molecule has 7 nitrogen and oxygen atoms in total. The molecule has 1 aliphatic heterocycles. The third kappa shape index (κ3) is 3.10. The third-order valence-corrected chi connectivity index (χ3v) is 7.28. The fourth-order valence-electron chi connectivity index (χ4n) is 3.58. The SMILES string of the molecule is Cn1nc(C2CCN(S(=O)(=O)c3cccc(Cl)c3)CC2)n(C2CC2)c1=O. The summed E-state index contributed by atoms with van der Waals surface area (Å²) in [5, 5.41) is 4.84. The van der Waals surface area contributed by atoms with Gasteiger partial charge in [-0.15, -0.1) is 0 Å². The van der Waals surface area contributed by atoms with E-state index in [-0.39, 0.29) is 22.5 Å². The van der Waals surface area contributed by atoms with Gasteiger partial charge in [-0.25, -0.2) is 17.9 Å². The van der Waals surface area contributed by atoms with Crippen LogP contribution in [0.4, 0.5) is 0 Å². The van der Waals surface area contributed by atoms with Crippen molar-refractivity contribution in [2.24, 2.45) is 7.05 Å². The highest BCUT2D eigenvalue weighted by Gasteiger charge is 2.36. The van der Waals surface area contributed by atoms with E-state index >= 15 is 0 Å². The molecule has 2 fully saturated rings. The fraction of sp³-hybridized carbons (Fsp3) is 0.529. The molecular formula is C17H21ClN4O3S. The molecule has 2 heterocycles. The molecule has 1 aromatic heterocycles. The molecule has 0 amide bonds. The topological polar surface area (TPSA) is 77.2 Å². The zero-order valence-electron chi connectivity index (χ0n) is 14.5. The lowest BCUT2D eigenvalue weighted by Crippen LogP contribution is -2.38. The lowest BCUT2D eigenvalue weighted by Gasteiger charge is -2.30. The van der Waals surface area contributed by atoms with Gasteiger partial charge in [-0.2, -0.15) is 9.40 Å². The summed E-state index contributed by atoms with van der Waals surface area (Å²) in [5.41, 5.74) is -0.0727. The Hall–Kier alpha value is -1.64. The van der Waals surface area contributed by atoms with Crippen LogP contribution in [0.1, 0.15) is 43.5 Å². The van der Waals surface area contributed by atoms with Crippen LogP contribution in [0.3, 0.4) is 0 Å². The standard InChI is InChI=1S/C17H21ClN4O3S/c1-20-17(23)22(14-5-6-14)16(19-20)12-7-9-21(10-8-12)26(24,25)15-4-2-3-13(18)11-15/h2-4,11-12,14H,5-10H2,1H3. The number of aromatic nitrogens is 3. The minimum Gasteiger partial charge on any atom is -0.276 e. The van der Waals surface area contributed by atoms with E-state index in [4.69, 9.17) is 11.6 Å². The highest BCUT2D eigenvalue weighted by molar-refractivity contribution is 7.89. The predicted octanol–water partition coefficient (Wildman–Crippen LogP) is 2.14. The Labute approximate surface area is 157 Å². The summed E-state index contributed by atoms with van der Waals surface area (Å²) in [5.74, 6) is 0.912. The van der Waals surface area contributed by atoms with E-state index in [2.05, 4.69) is 5.10 Å². The first-order valence-corrected chi connectivity index (χ1v) is 10.6. The number of halogens is 1. The molecule has 1 saturated carbocycles. The van der Waals surface area contributed by atoms with Gasteiger partial charge in [-0.3, -0.25) is 4.57 Å². The van der Waals surface area contributed by atoms with Gasteiger partial charge in [0.25, 0.3) is 0 Å². The molecule has 4 rings (SSSR count). The highest BCUT2D eigenvalue weighted by atomic mass is 35.5. The van der Waals surface area contributed by atoms with Gasteiger partial charge < -0.3 is 0 Å². The van der Waals surface area contributed by atoms with Crippen molar-refractivity contribution < 1.29 is 8.42 Å². The molecule has 2 aliphatic rings. The number of rotatable bonds is 4. The second kappa shape index (κ2) is 6.51. The normalized spacial score (nSPS) is 19.8. The summed E-state index contributed by atoms with van der Waals surface area (Å²) in [6.07, 6.45) is 3.34. The number of aryl methyl sites for hydroxylation is 1. The first-order valence-electron chi connectivity index (χ1n) is 8.79. The van der Waals surface area contributed by atoms with Crippen molar-refractivity contribution in [2.45, 2.75) is 42.5 Å². The van der Waals surface area contributed by atoms with Crippen LogP contribution in [0.2, 0.25) is 5.02 Å². The zero-order chi connectivity index (χ0) is 18.5. The van der Waals surface area contributed by atoms with Gasteiger partial charge in [0, 0.05) is 37.1 Å². The van der Waals surface area contributed by atoms with Crippen molar-refractivity contribution in [3.8, 4) is 0 Å². The number of hydrogen-bond acceptors (Lipinski definition) is 4. The lowest BCUT2D eigenvalue weighted by atomic mass is 9.97. The largest absolute Gasteiger partial charge is 0.345 e. The second-order valence-electron chi connectivity index (χ2n) is 7.00. The molecule has 1 saturated heterocycles. The van der Waals surface area contributed by atoms with Gasteiger partial charge in [0.1, 0.15) is 5.82 Å². The van der Waals surface area contributed by atoms with Crippen LogP contribution in [-0.4, -0.2) is 40.2 Å². The zero-order valence-corrected chi connectivity index (χ0v) is 16.1. The molecule has 26 heavy (non-hydrogen) atoms. The smallest absolute Gasteiger partial charge is 0.276 e. The van der Waals surface area contributed by atoms with Gasteiger partial charge >= 0.3 is 5.69 Å². The van der Waals surface area contributed by atoms with E-state index < -0.39 is 10.0 Å². The van der Waals surface area contributed by atoms with Crippen LogP contribution in [0.15, 0.2) is 34.0 Å². The lowest BCUT2D eigenvalue weighted by molar-refractivity contribution is 0.308. The monoisotopic (exact) mass is 396 g/mol. The Bertz CT molecular complexity index is 986. The van der Waals surface area contributed by atoms with Crippen molar-refractivity contribution in [1.82, 2.24) is 18.7 Å². The average molecular weight is 397 g/mol. The molecule has 1 aliphatic carbocycles. The van der Waals surface area contributed by atoms with Gasteiger partial charge in [0.15, 0.2) is 0 Å². The predicted molar refractivity (Wildman–Crippen MR) is 97.9 cm³/mol. The Morgan fingerprint density at radius 2 is 1.85 bits per heavy atom. The number of piperidine rings is 1. The van der Waals surface area contributed by atoms with Crippen molar-refractivity contribution in [3.05, 3.63) is 45.6 Å². The van der Waals surface area contributed by atoms with E-state index in [1.807, 2.05) is 4.57 Å². The van der Waals surface area contributed by atoms with Crippen LogP contribution in [0.25, 0.3) is 0 Å². The first kappa shape index (κ1) is 17.8. The highest BCUT2D eigenvalue weighted by Crippen LogP contribution is 2.38. The quantitative estimate of drug-likeness (QED) is 0.793. The molecule has 0 spiro atoms. The van der Waals surface area contributed by atoms with Crippen LogP contribution in [0.5, 0.6) is 0 Å². The molecule has 0 N–H and O–H groups in total. The molecule has 2 aromatic rings. The molecule has 1 aromatic carbocycles. The molecule has 140 valence electrons. The second-order valence-corrected chi connectivity index (χ2v) is 9.38. The summed E-state index contributed by atoms with van der Waals surface area (Å²) in [6, 6.07) is 6.61.